The van der Waals surface area contributed by atoms with Crippen LogP contribution in [0.3, 0.4) is 0 Å². The summed E-state index contributed by atoms with van der Waals surface area (Å²) < 4.78 is 7.97. The number of nitrogen functional groups attached to an aromatic ring is 1. The summed E-state index contributed by atoms with van der Waals surface area (Å²) in [5, 5.41) is 0. The van der Waals surface area contributed by atoms with Crippen molar-refractivity contribution in [2.75, 3.05) is 5.73 Å². The number of nitrogens with two attached hydrogens (primary N) is 1. The number of anilines is 1. The molecule has 0 fully saturated rings. The Labute approximate surface area is 79.8 Å². The molecule has 0 saturated heterocycles. The first-order valence-electron chi connectivity index (χ1n) is 3.83. The zero-order valence-corrected chi connectivity index (χ0v) is 7.66. The van der Waals surface area contributed by atoms with Gasteiger partial charge in [-0.3, -0.25) is 4.98 Å². The van der Waals surface area contributed by atoms with E-state index in [1.54, 1.807) is 6.20 Å². The van der Waals surface area contributed by atoms with E-state index < -0.39 is 0 Å². The summed E-state index contributed by atoms with van der Waals surface area (Å²) in [6, 6.07) is 5.77. The highest BCUT2D eigenvalue weighted by Gasteiger charge is 2.04. The normalized spacial score (nSPS) is 10.2. The highest BCUT2D eigenvalue weighted by molar-refractivity contribution is 6.99. The minimum Gasteiger partial charge on any atom is -0.381 e. The summed E-state index contributed by atoms with van der Waals surface area (Å²) in [6.45, 7) is 0. The molecular weight excluding hydrogens is 184 g/mol. The van der Waals surface area contributed by atoms with Gasteiger partial charge in [-0.1, -0.05) is 6.07 Å². The van der Waals surface area contributed by atoms with Gasteiger partial charge in [-0.15, -0.1) is 0 Å². The van der Waals surface area contributed by atoms with E-state index in [4.69, 9.17) is 5.73 Å². The van der Waals surface area contributed by atoms with Crippen LogP contribution in [-0.2, 0) is 6.42 Å². The van der Waals surface area contributed by atoms with Gasteiger partial charge >= 0.3 is 0 Å². The predicted octanol–water partition coefficient (Wildman–Crippen LogP) is 1.11. The Morgan fingerprint density at radius 2 is 2.23 bits per heavy atom. The first-order valence-corrected chi connectivity index (χ1v) is 4.56. The molecule has 0 amide bonds. The quantitative estimate of drug-likeness (QED) is 0.774. The van der Waals surface area contributed by atoms with E-state index in [0.717, 1.165) is 23.1 Å². The fourth-order valence-electron chi connectivity index (χ4n) is 1.01. The third-order valence-corrected chi connectivity index (χ3v) is 2.24. The monoisotopic (exact) mass is 192 g/mol. The van der Waals surface area contributed by atoms with Gasteiger partial charge in [0.15, 0.2) is 5.82 Å². The molecule has 0 aliphatic rings. The molecule has 0 aliphatic heterocycles. The molecule has 2 N–H and O–H groups in total. The van der Waals surface area contributed by atoms with Gasteiger partial charge in [0.25, 0.3) is 0 Å². The molecule has 2 aromatic rings. The van der Waals surface area contributed by atoms with Crippen molar-refractivity contribution >= 4 is 17.5 Å². The van der Waals surface area contributed by atoms with Crippen molar-refractivity contribution in [3.63, 3.8) is 0 Å². The van der Waals surface area contributed by atoms with Gasteiger partial charge in [-0.05, 0) is 12.1 Å². The molecule has 0 saturated carbocycles. The molecule has 13 heavy (non-hydrogen) atoms. The SMILES string of the molecule is Nc1nsnc1Cc1ccccn1. The first kappa shape index (κ1) is 8.12. The Bertz CT molecular complexity index is 384. The molecule has 0 radical (unpaired) electrons. The molecule has 2 heterocycles. The van der Waals surface area contributed by atoms with Gasteiger partial charge < -0.3 is 5.73 Å². The maximum atomic E-state index is 5.60. The van der Waals surface area contributed by atoms with Crippen molar-refractivity contribution in [2.24, 2.45) is 0 Å². The Morgan fingerprint density at radius 1 is 1.31 bits per heavy atom. The maximum absolute atomic E-state index is 5.60. The smallest absolute Gasteiger partial charge is 0.161 e. The molecule has 2 aromatic heterocycles. The average molecular weight is 192 g/mol. The van der Waals surface area contributed by atoms with Crippen LogP contribution >= 0.6 is 11.7 Å². The number of pyridine rings is 1. The van der Waals surface area contributed by atoms with Crippen molar-refractivity contribution in [3.8, 4) is 0 Å². The van der Waals surface area contributed by atoms with E-state index in [0.29, 0.717) is 12.2 Å². The minimum absolute atomic E-state index is 0.510. The zero-order valence-electron chi connectivity index (χ0n) is 6.84. The van der Waals surface area contributed by atoms with E-state index in [1.165, 1.54) is 0 Å². The van der Waals surface area contributed by atoms with Crippen molar-refractivity contribution < 1.29 is 0 Å². The largest absolute Gasteiger partial charge is 0.381 e. The van der Waals surface area contributed by atoms with Crippen molar-refractivity contribution in [1.82, 2.24) is 13.7 Å². The number of aromatic nitrogens is 3. The highest BCUT2D eigenvalue weighted by atomic mass is 32.1. The number of hydrogen-bond acceptors (Lipinski definition) is 5. The first-order chi connectivity index (χ1) is 6.36. The number of rotatable bonds is 2. The molecule has 0 aliphatic carbocycles. The second-order valence-electron chi connectivity index (χ2n) is 2.59. The van der Waals surface area contributed by atoms with Gasteiger partial charge in [-0.2, -0.15) is 8.75 Å². The Hall–Kier alpha value is -1.49. The zero-order chi connectivity index (χ0) is 9.10. The maximum Gasteiger partial charge on any atom is 0.161 e. The molecular formula is C8H8N4S. The third-order valence-electron chi connectivity index (χ3n) is 1.66. The van der Waals surface area contributed by atoms with Gasteiger partial charge in [0.1, 0.15) is 5.69 Å². The van der Waals surface area contributed by atoms with Crippen molar-refractivity contribution in [3.05, 3.63) is 35.8 Å². The Kier molecular flexibility index (Phi) is 2.18. The van der Waals surface area contributed by atoms with Crippen LogP contribution < -0.4 is 5.73 Å². The molecule has 0 unspecified atom stereocenters. The predicted molar refractivity (Wildman–Crippen MR) is 51.4 cm³/mol. The lowest BCUT2D eigenvalue weighted by Crippen LogP contribution is -1.96. The van der Waals surface area contributed by atoms with Crippen LogP contribution in [-0.4, -0.2) is 13.7 Å². The molecule has 66 valence electrons. The van der Waals surface area contributed by atoms with Crippen molar-refractivity contribution in [2.45, 2.75) is 6.42 Å². The molecule has 0 atom stereocenters. The van der Waals surface area contributed by atoms with Crippen LogP contribution in [0.4, 0.5) is 5.82 Å². The van der Waals surface area contributed by atoms with Crippen LogP contribution in [0, 0.1) is 0 Å². The lowest BCUT2D eigenvalue weighted by atomic mass is 10.2. The number of nitrogens with zero attached hydrogens (tertiary/aromatic N) is 3. The van der Waals surface area contributed by atoms with Gasteiger partial charge in [-0.25, -0.2) is 0 Å². The summed E-state index contributed by atoms with van der Waals surface area (Å²) in [5.74, 6) is 0.510. The Morgan fingerprint density at radius 3 is 2.85 bits per heavy atom. The minimum atomic E-state index is 0.510. The lowest BCUT2D eigenvalue weighted by Gasteiger charge is -1.95. The van der Waals surface area contributed by atoms with Crippen LogP contribution in [0.5, 0.6) is 0 Å². The molecule has 0 aromatic carbocycles. The standard InChI is InChI=1S/C8H8N4S/c9-8-7(11-13-12-8)5-6-3-1-2-4-10-6/h1-4H,5H2,(H2,9,12). The third kappa shape index (κ3) is 1.81. The Balaban J connectivity index is 2.20. The molecule has 0 bridgehead atoms. The molecule has 0 spiro atoms. The second-order valence-corrected chi connectivity index (χ2v) is 3.12. The molecule has 4 nitrogen and oxygen atoms in total. The fourth-order valence-corrected chi connectivity index (χ4v) is 1.50. The summed E-state index contributed by atoms with van der Waals surface area (Å²) in [6.07, 6.45) is 2.41. The van der Waals surface area contributed by atoms with E-state index in [2.05, 4.69) is 13.7 Å². The van der Waals surface area contributed by atoms with Crippen molar-refractivity contribution in [1.29, 1.82) is 0 Å². The summed E-state index contributed by atoms with van der Waals surface area (Å²) >= 11 is 1.13. The van der Waals surface area contributed by atoms with E-state index in [-0.39, 0.29) is 0 Å². The van der Waals surface area contributed by atoms with Crippen LogP contribution in [0.25, 0.3) is 0 Å². The summed E-state index contributed by atoms with van der Waals surface area (Å²) in [4.78, 5) is 4.18. The topological polar surface area (TPSA) is 64.7 Å². The lowest BCUT2D eigenvalue weighted by molar-refractivity contribution is 1.04. The molecule has 5 heteroatoms. The van der Waals surface area contributed by atoms with Gasteiger partial charge in [0, 0.05) is 18.3 Å². The summed E-state index contributed by atoms with van der Waals surface area (Å²) in [7, 11) is 0. The highest BCUT2D eigenvalue weighted by Crippen LogP contribution is 2.11. The van der Waals surface area contributed by atoms with E-state index in [9.17, 15) is 0 Å². The van der Waals surface area contributed by atoms with Gasteiger partial charge in [0.05, 0.1) is 11.7 Å². The fraction of sp³-hybridized carbons (Fsp3) is 0.125. The molecule has 2 rings (SSSR count). The number of hydrogen-bond donors (Lipinski definition) is 1. The van der Waals surface area contributed by atoms with E-state index >= 15 is 0 Å². The summed E-state index contributed by atoms with van der Waals surface area (Å²) in [5.41, 5.74) is 7.37. The second kappa shape index (κ2) is 3.49. The van der Waals surface area contributed by atoms with Crippen LogP contribution in [0.2, 0.25) is 0 Å². The van der Waals surface area contributed by atoms with Gasteiger partial charge in [0.2, 0.25) is 0 Å². The average Bonchev–Trinajstić information content (AvgIpc) is 2.54. The van der Waals surface area contributed by atoms with Crippen LogP contribution in [0.15, 0.2) is 24.4 Å². The van der Waals surface area contributed by atoms with Crippen LogP contribution in [0.1, 0.15) is 11.4 Å². The van der Waals surface area contributed by atoms with E-state index in [1.807, 2.05) is 18.2 Å².